The Labute approximate surface area is 129 Å². The van der Waals surface area contributed by atoms with Crippen LogP contribution in [0.15, 0.2) is 24.3 Å². The van der Waals surface area contributed by atoms with Gasteiger partial charge in [-0.2, -0.15) is 0 Å². The summed E-state index contributed by atoms with van der Waals surface area (Å²) < 4.78 is 0. The van der Waals surface area contributed by atoms with Crippen LogP contribution in [0.3, 0.4) is 0 Å². The minimum Gasteiger partial charge on any atom is -0.393 e. The van der Waals surface area contributed by atoms with Gasteiger partial charge in [0.2, 0.25) is 0 Å². The predicted octanol–water partition coefficient (Wildman–Crippen LogP) is 2.35. The molecule has 3 heteroatoms. The van der Waals surface area contributed by atoms with Crippen LogP contribution in [0.25, 0.3) is 0 Å². The van der Waals surface area contributed by atoms with E-state index in [-0.39, 0.29) is 6.10 Å². The Bertz CT molecular complexity index is 429. The molecule has 1 fully saturated rings. The van der Waals surface area contributed by atoms with Gasteiger partial charge in [-0.25, -0.2) is 0 Å². The van der Waals surface area contributed by atoms with E-state index in [1.165, 1.54) is 11.1 Å². The molecule has 1 aliphatic heterocycles. The second-order valence-electron chi connectivity index (χ2n) is 6.89. The van der Waals surface area contributed by atoms with E-state index in [9.17, 15) is 5.11 Å². The lowest BCUT2D eigenvalue weighted by molar-refractivity contribution is 0.0639. The fourth-order valence-electron chi connectivity index (χ4n) is 3.06. The molecule has 0 radical (unpaired) electrons. The maximum absolute atomic E-state index is 10.4. The zero-order valence-electron chi connectivity index (χ0n) is 13.9. The molecule has 1 aromatic carbocycles. The summed E-state index contributed by atoms with van der Waals surface area (Å²) in [6, 6.07) is 9.17. The molecule has 1 heterocycles. The second kappa shape index (κ2) is 7.39. The van der Waals surface area contributed by atoms with Crippen LogP contribution in [-0.2, 0) is 6.42 Å². The van der Waals surface area contributed by atoms with E-state index >= 15 is 0 Å². The molecule has 0 amide bonds. The maximum Gasteiger partial charge on any atom is 0.0595 e. The van der Waals surface area contributed by atoms with Crippen molar-refractivity contribution < 1.29 is 5.11 Å². The van der Waals surface area contributed by atoms with Crippen molar-refractivity contribution in [2.45, 2.75) is 44.8 Å². The number of benzene rings is 1. The van der Waals surface area contributed by atoms with Crippen molar-refractivity contribution in [2.24, 2.45) is 0 Å². The van der Waals surface area contributed by atoms with Crippen molar-refractivity contribution in [3.05, 3.63) is 35.4 Å². The Balaban J connectivity index is 1.87. The SMILES string of the molecule is CC(C)c1ccc(CC(O)CC2CN(C)CCN2C)cc1. The van der Waals surface area contributed by atoms with Crippen LogP contribution < -0.4 is 0 Å². The first-order valence-electron chi connectivity index (χ1n) is 8.11. The maximum atomic E-state index is 10.4. The minimum absolute atomic E-state index is 0.256. The summed E-state index contributed by atoms with van der Waals surface area (Å²) >= 11 is 0. The van der Waals surface area contributed by atoms with E-state index in [4.69, 9.17) is 0 Å². The van der Waals surface area contributed by atoms with Crippen LogP contribution in [0.2, 0.25) is 0 Å². The third kappa shape index (κ3) is 4.80. The molecule has 0 aliphatic carbocycles. The quantitative estimate of drug-likeness (QED) is 0.902. The smallest absolute Gasteiger partial charge is 0.0595 e. The van der Waals surface area contributed by atoms with Gasteiger partial charge in [0.1, 0.15) is 0 Å². The molecule has 118 valence electrons. The molecule has 3 nitrogen and oxygen atoms in total. The number of piperazine rings is 1. The minimum atomic E-state index is -0.256. The topological polar surface area (TPSA) is 26.7 Å². The number of likely N-dealkylation sites (N-methyl/N-ethyl adjacent to an activating group) is 2. The molecule has 1 aromatic rings. The molecule has 1 N–H and O–H groups in total. The lowest BCUT2D eigenvalue weighted by atomic mass is 9.97. The summed E-state index contributed by atoms with van der Waals surface area (Å²) in [5.74, 6) is 0.565. The van der Waals surface area contributed by atoms with Gasteiger partial charge in [-0.3, -0.25) is 0 Å². The standard InChI is InChI=1S/C18H30N2O/c1-14(2)16-7-5-15(6-8-16)11-18(21)12-17-13-19(3)9-10-20(17)4/h5-8,14,17-18,21H,9-13H2,1-4H3. The van der Waals surface area contributed by atoms with Gasteiger partial charge >= 0.3 is 0 Å². The van der Waals surface area contributed by atoms with Crippen molar-refractivity contribution in [1.82, 2.24) is 9.80 Å². The second-order valence-corrected chi connectivity index (χ2v) is 6.89. The highest BCUT2D eigenvalue weighted by Gasteiger charge is 2.24. The third-order valence-corrected chi connectivity index (χ3v) is 4.64. The van der Waals surface area contributed by atoms with Gasteiger partial charge in [-0.1, -0.05) is 38.1 Å². The molecule has 2 rings (SSSR count). The summed E-state index contributed by atoms with van der Waals surface area (Å²) in [5.41, 5.74) is 2.60. The molecule has 1 aliphatic rings. The lowest BCUT2D eigenvalue weighted by Gasteiger charge is -2.38. The third-order valence-electron chi connectivity index (χ3n) is 4.64. The number of rotatable bonds is 5. The average molecular weight is 290 g/mol. The molecule has 0 saturated carbocycles. The van der Waals surface area contributed by atoms with Crippen LogP contribution >= 0.6 is 0 Å². The van der Waals surface area contributed by atoms with Gasteiger partial charge in [-0.15, -0.1) is 0 Å². The molecule has 0 bridgehead atoms. The van der Waals surface area contributed by atoms with Crippen molar-refractivity contribution in [1.29, 1.82) is 0 Å². The van der Waals surface area contributed by atoms with Crippen LogP contribution in [0.5, 0.6) is 0 Å². The lowest BCUT2D eigenvalue weighted by Crippen LogP contribution is -2.51. The monoisotopic (exact) mass is 290 g/mol. The van der Waals surface area contributed by atoms with Crippen molar-refractivity contribution in [2.75, 3.05) is 33.7 Å². The molecule has 0 aromatic heterocycles. The number of hydrogen-bond donors (Lipinski definition) is 1. The Kier molecular flexibility index (Phi) is 5.80. The van der Waals surface area contributed by atoms with E-state index in [0.29, 0.717) is 12.0 Å². The molecule has 2 atom stereocenters. The van der Waals surface area contributed by atoms with Gasteiger partial charge in [-0.05, 0) is 44.0 Å². The summed E-state index contributed by atoms with van der Waals surface area (Å²) in [5, 5.41) is 10.4. The van der Waals surface area contributed by atoms with Crippen LogP contribution in [-0.4, -0.2) is 60.8 Å². The fourth-order valence-corrected chi connectivity index (χ4v) is 3.06. The first-order valence-corrected chi connectivity index (χ1v) is 8.11. The van der Waals surface area contributed by atoms with Crippen molar-refractivity contribution in [3.63, 3.8) is 0 Å². The Morgan fingerprint density at radius 2 is 1.81 bits per heavy atom. The molecule has 2 unspecified atom stereocenters. The van der Waals surface area contributed by atoms with Gasteiger partial charge in [0.05, 0.1) is 6.10 Å². The first-order chi connectivity index (χ1) is 9.95. The van der Waals surface area contributed by atoms with E-state index in [1.807, 2.05) is 0 Å². The van der Waals surface area contributed by atoms with E-state index in [2.05, 4.69) is 62.0 Å². The first kappa shape index (κ1) is 16.5. The molecule has 1 saturated heterocycles. The molecule has 0 spiro atoms. The zero-order chi connectivity index (χ0) is 15.4. The Morgan fingerprint density at radius 1 is 1.14 bits per heavy atom. The molecule has 21 heavy (non-hydrogen) atoms. The number of aliphatic hydroxyl groups is 1. The van der Waals surface area contributed by atoms with Crippen LogP contribution in [0.4, 0.5) is 0 Å². The molecular formula is C18H30N2O. The van der Waals surface area contributed by atoms with Crippen molar-refractivity contribution in [3.8, 4) is 0 Å². The van der Waals surface area contributed by atoms with E-state index in [1.54, 1.807) is 0 Å². The normalized spacial score (nSPS) is 22.7. The number of nitrogens with zero attached hydrogens (tertiary/aromatic N) is 2. The molecular weight excluding hydrogens is 260 g/mol. The highest BCUT2D eigenvalue weighted by molar-refractivity contribution is 5.25. The van der Waals surface area contributed by atoms with Gasteiger partial charge < -0.3 is 14.9 Å². The zero-order valence-corrected chi connectivity index (χ0v) is 13.9. The fraction of sp³-hybridized carbons (Fsp3) is 0.667. The number of hydrogen-bond acceptors (Lipinski definition) is 3. The van der Waals surface area contributed by atoms with Crippen LogP contribution in [0, 0.1) is 0 Å². The van der Waals surface area contributed by atoms with Crippen LogP contribution in [0.1, 0.15) is 37.3 Å². The summed E-state index contributed by atoms with van der Waals surface area (Å²) in [7, 11) is 4.33. The number of aliphatic hydroxyl groups excluding tert-OH is 1. The van der Waals surface area contributed by atoms with E-state index < -0.39 is 0 Å². The Morgan fingerprint density at radius 3 is 2.43 bits per heavy atom. The Hall–Kier alpha value is -0.900. The van der Waals surface area contributed by atoms with Gasteiger partial charge in [0.15, 0.2) is 0 Å². The summed E-state index contributed by atoms with van der Waals surface area (Å²) in [6.45, 7) is 7.69. The highest BCUT2D eigenvalue weighted by Crippen LogP contribution is 2.18. The van der Waals surface area contributed by atoms with Gasteiger partial charge in [0, 0.05) is 25.7 Å². The van der Waals surface area contributed by atoms with E-state index in [0.717, 1.165) is 32.5 Å². The van der Waals surface area contributed by atoms with Gasteiger partial charge in [0.25, 0.3) is 0 Å². The summed E-state index contributed by atoms with van der Waals surface area (Å²) in [6.07, 6.45) is 1.35. The largest absolute Gasteiger partial charge is 0.393 e. The highest BCUT2D eigenvalue weighted by atomic mass is 16.3. The van der Waals surface area contributed by atoms with Crippen molar-refractivity contribution >= 4 is 0 Å². The summed E-state index contributed by atoms with van der Waals surface area (Å²) in [4.78, 5) is 4.74. The predicted molar refractivity (Wildman–Crippen MR) is 88.8 cm³/mol. The average Bonchev–Trinajstić information content (AvgIpc) is 2.43.